The lowest BCUT2D eigenvalue weighted by Crippen LogP contribution is -2.41. The van der Waals surface area contributed by atoms with Gasteiger partial charge in [-0.15, -0.1) is 10.2 Å². The fourth-order valence-corrected chi connectivity index (χ4v) is 5.85. The van der Waals surface area contributed by atoms with Crippen molar-refractivity contribution in [3.05, 3.63) is 64.8 Å². The van der Waals surface area contributed by atoms with Crippen LogP contribution in [0.1, 0.15) is 44.4 Å². The van der Waals surface area contributed by atoms with Gasteiger partial charge in [-0.1, -0.05) is 56.4 Å². The predicted octanol–water partition coefficient (Wildman–Crippen LogP) is 7.57. The Labute approximate surface area is 188 Å². The van der Waals surface area contributed by atoms with Crippen molar-refractivity contribution in [1.82, 2.24) is 10.2 Å². The lowest BCUT2D eigenvalue weighted by Gasteiger charge is -2.38. The molecule has 0 amide bonds. The Morgan fingerprint density at radius 3 is 2.61 bits per heavy atom. The van der Waals surface area contributed by atoms with Gasteiger partial charge in [-0.2, -0.15) is 0 Å². The van der Waals surface area contributed by atoms with E-state index in [1.165, 1.54) is 34.6 Å². The molecule has 31 heavy (non-hydrogen) atoms. The van der Waals surface area contributed by atoms with E-state index in [4.69, 9.17) is 11.0 Å². The Hall–Kier alpha value is -2.40. The number of aromatic nitrogens is 2. The van der Waals surface area contributed by atoms with E-state index in [1.807, 2.05) is 0 Å². The second-order valence-electron chi connectivity index (χ2n) is 9.47. The van der Waals surface area contributed by atoms with E-state index in [1.54, 1.807) is 6.07 Å². The molecule has 0 bridgehead atoms. The summed E-state index contributed by atoms with van der Waals surface area (Å²) in [5, 5.41) is 10.4. The summed E-state index contributed by atoms with van der Waals surface area (Å²) in [6.45, 7) is 18.5. The highest BCUT2D eigenvalue weighted by Gasteiger charge is 2.41. The largest absolute Gasteiger partial charge is 0.410 e. The van der Waals surface area contributed by atoms with E-state index in [0.717, 1.165) is 23.4 Å². The molecule has 3 aromatic rings. The fourth-order valence-electron chi connectivity index (χ4n) is 3.65. The Balaban J connectivity index is 1.65. The lowest BCUT2D eigenvalue weighted by atomic mass is 10.0. The first-order valence-corrected chi connectivity index (χ1v) is 14.1. The summed E-state index contributed by atoms with van der Waals surface area (Å²) in [7, 11) is -1.87. The number of benzene rings is 2. The van der Waals surface area contributed by atoms with Crippen LogP contribution in [-0.2, 0) is 10.8 Å². The maximum absolute atomic E-state index is 13.7. The van der Waals surface area contributed by atoms with Gasteiger partial charge in [-0.25, -0.2) is 9.24 Å². The summed E-state index contributed by atoms with van der Waals surface area (Å²) in [6.07, 6.45) is 2.07. The molecule has 2 aromatic carbocycles. The van der Waals surface area contributed by atoms with Gasteiger partial charge in [-0.05, 0) is 54.2 Å². The molecule has 0 unspecified atom stereocenters. The fraction of sp³-hybridized carbons (Fsp3) is 0.375. The minimum Gasteiger partial charge on any atom is -0.410 e. The minimum absolute atomic E-state index is 0.000438. The molecule has 4 nitrogen and oxygen atoms in total. The van der Waals surface area contributed by atoms with Gasteiger partial charge in [0.15, 0.2) is 8.32 Å². The molecule has 0 spiro atoms. The average Bonchev–Trinajstić information content (AvgIpc) is 3.35. The SMILES string of the molecule is [C-]#[N+]c1cc(-c2nnc(-c3cccc4c3CC[C@@H]4O[Si](C)(C)C(C)(C)C)s2)ccc1F. The lowest BCUT2D eigenvalue weighted by molar-refractivity contribution is 0.185. The van der Waals surface area contributed by atoms with Crippen molar-refractivity contribution in [2.75, 3.05) is 0 Å². The molecule has 1 atom stereocenters. The maximum atomic E-state index is 13.7. The molecule has 7 heteroatoms. The van der Waals surface area contributed by atoms with Crippen LogP contribution < -0.4 is 0 Å². The quantitative estimate of drug-likeness (QED) is 0.303. The van der Waals surface area contributed by atoms with E-state index in [0.29, 0.717) is 10.6 Å². The molecule has 4 rings (SSSR count). The Kier molecular flexibility index (Phi) is 5.58. The van der Waals surface area contributed by atoms with Gasteiger partial charge in [0.25, 0.3) is 0 Å². The van der Waals surface area contributed by atoms with Crippen LogP contribution >= 0.6 is 11.3 Å². The van der Waals surface area contributed by atoms with Gasteiger partial charge in [-0.3, -0.25) is 0 Å². The van der Waals surface area contributed by atoms with E-state index < -0.39 is 14.1 Å². The zero-order chi connectivity index (χ0) is 22.4. The highest BCUT2D eigenvalue weighted by molar-refractivity contribution is 7.17. The van der Waals surface area contributed by atoms with Crippen LogP contribution in [0.2, 0.25) is 18.1 Å². The molecule has 0 aliphatic heterocycles. The van der Waals surface area contributed by atoms with Crippen LogP contribution in [-0.4, -0.2) is 18.5 Å². The van der Waals surface area contributed by atoms with E-state index >= 15 is 0 Å². The summed E-state index contributed by atoms with van der Waals surface area (Å²) in [5.74, 6) is -0.517. The molecule has 1 heterocycles. The van der Waals surface area contributed by atoms with E-state index in [9.17, 15) is 4.39 Å². The van der Waals surface area contributed by atoms with Crippen molar-refractivity contribution in [3.63, 3.8) is 0 Å². The summed E-state index contributed by atoms with van der Waals surface area (Å²) >= 11 is 1.47. The highest BCUT2D eigenvalue weighted by Crippen LogP contribution is 2.46. The first kappa shape index (κ1) is 21.8. The second kappa shape index (κ2) is 7.94. The van der Waals surface area contributed by atoms with Gasteiger partial charge in [0.05, 0.1) is 12.7 Å². The van der Waals surface area contributed by atoms with Gasteiger partial charge in [0.1, 0.15) is 15.8 Å². The predicted molar refractivity (Wildman–Crippen MR) is 126 cm³/mol. The average molecular weight is 452 g/mol. The standard InChI is InChI=1S/C24H26FN3OSSi/c1-24(2,3)31(5,6)29-21-13-11-16-17(21)8-7-9-18(16)23-28-27-22(30-23)15-10-12-19(25)20(14-15)26-4/h7-10,12,14,21H,11,13H2,1-3,5-6H3/t21-/m0/s1. The van der Waals surface area contributed by atoms with Gasteiger partial charge in [0, 0.05) is 11.1 Å². The summed E-state index contributed by atoms with van der Waals surface area (Å²) in [4.78, 5) is 3.24. The molecule has 0 fully saturated rings. The van der Waals surface area contributed by atoms with Crippen LogP contribution in [0.25, 0.3) is 26.0 Å². The Bertz CT molecular complexity index is 1180. The van der Waals surface area contributed by atoms with E-state index in [-0.39, 0.29) is 16.8 Å². The van der Waals surface area contributed by atoms with Crippen molar-refractivity contribution in [2.45, 2.75) is 57.8 Å². The summed E-state index contributed by atoms with van der Waals surface area (Å²) in [6, 6.07) is 10.8. The number of halogens is 1. The van der Waals surface area contributed by atoms with Crippen molar-refractivity contribution in [2.24, 2.45) is 0 Å². The Morgan fingerprint density at radius 1 is 1.16 bits per heavy atom. The van der Waals surface area contributed by atoms with E-state index in [2.05, 4.69) is 67.1 Å². The number of hydrogen-bond acceptors (Lipinski definition) is 4. The summed E-state index contributed by atoms with van der Waals surface area (Å²) in [5.41, 5.74) is 4.35. The number of fused-ring (bicyclic) bond motifs is 1. The van der Waals surface area contributed by atoms with Crippen molar-refractivity contribution >= 4 is 25.3 Å². The first-order valence-electron chi connectivity index (χ1n) is 10.4. The molecule has 1 aromatic heterocycles. The normalized spacial score (nSPS) is 16.2. The monoisotopic (exact) mass is 451 g/mol. The molecule has 0 saturated carbocycles. The van der Waals surface area contributed by atoms with Gasteiger partial charge in [0.2, 0.25) is 5.69 Å². The molecule has 0 N–H and O–H groups in total. The molecule has 0 radical (unpaired) electrons. The molecule has 160 valence electrons. The molecule has 0 saturated heterocycles. The Morgan fingerprint density at radius 2 is 1.90 bits per heavy atom. The number of rotatable bonds is 4. The van der Waals surface area contributed by atoms with Gasteiger partial charge >= 0.3 is 0 Å². The number of nitrogens with zero attached hydrogens (tertiary/aromatic N) is 3. The molecule has 1 aliphatic rings. The second-order valence-corrected chi connectivity index (χ2v) is 15.2. The smallest absolute Gasteiger partial charge is 0.222 e. The number of hydrogen-bond donors (Lipinski definition) is 0. The maximum Gasteiger partial charge on any atom is 0.222 e. The van der Waals surface area contributed by atoms with Crippen molar-refractivity contribution < 1.29 is 8.82 Å². The van der Waals surface area contributed by atoms with Crippen LogP contribution in [0.4, 0.5) is 10.1 Å². The highest BCUT2D eigenvalue weighted by atomic mass is 32.1. The third-order valence-electron chi connectivity index (χ3n) is 6.43. The van der Waals surface area contributed by atoms with Crippen LogP contribution in [0, 0.1) is 12.4 Å². The van der Waals surface area contributed by atoms with Crippen LogP contribution in [0.5, 0.6) is 0 Å². The third-order valence-corrected chi connectivity index (χ3v) is 11.9. The molecule has 1 aliphatic carbocycles. The zero-order valence-electron chi connectivity index (χ0n) is 18.5. The van der Waals surface area contributed by atoms with Crippen molar-refractivity contribution in [1.29, 1.82) is 0 Å². The third kappa shape index (κ3) is 4.08. The van der Waals surface area contributed by atoms with Crippen LogP contribution in [0.15, 0.2) is 36.4 Å². The zero-order valence-corrected chi connectivity index (χ0v) is 20.3. The molecular formula is C24H26FN3OSSi. The topological polar surface area (TPSA) is 39.4 Å². The molecular weight excluding hydrogens is 425 g/mol. The van der Waals surface area contributed by atoms with Gasteiger partial charge < -0.3 is 4.43 Å². The first-order chi connectivity index (χ1) is 14.6. The minimum atomic E-state index is -1.87. The summed E-state index contributed by atoms with van der Waals surface area (Å²) < 4.78 is 20.4. The van der Waals surface area contributed by atoms with Crippen LogP contribution in [0.3, 0.4) is 0 Å². The van der Waals surface area contributed by atoms with Crippen molar-refractivity contribution in [3.8, 4) is 21.1 Å².